The number of rotatable bonds is 6. The van der Waals surface area contributed by atoms with Gasteiger partial charge in [-0.25, -0.2) is 0 Å². The zero-order valence-electron chi connectivity index (χ0n) is 19.3. The first-order valence-corrected chi connectivity index (χ1v) is 13.1. The third-order valence-electron chi connectivity index (χ3n) is 7.15. The van der Waals surface area contributed by atoms with Crippen LogP contribution in [0.2, 0.25) is 0 Å². The predicted octanol–water partition coefficient (Wildman–Crippen LogP) is 5.86. The Morgan fingerprint density at radius 1 is 0.588 bits per heavy atom. The molecule has 4 heteroatoms. The fraction of sp³-hybridized carbons (Fsp3) is 0.200. The van der Waals surface area contributed by atoms with E-state index < -0.39 is 0 Å². The van der Waals surface area contributed by atoms with Crippen molar-refractivity contribution in [1.29, 1.82) is 0 Å². The highest BCUT2D eigenvalue weighted by Gasteiger charge is 2.49. The van der Waals surface area contributed by atoms with Gasteiger partial charge in [-0.1, -0.05) is 121 Å². The van der Waals surface area contributed by atoms with Gasteiger partial charge in [-0.3, -0.25) is 4.90 Å². The van der Waals surface area contributed by atoms with Crippen LogP contribution in [-0.2, 0) is 10.4 Å². The molecule has 0 amide bonds. The van der Waals surface area contributed by atoms with E-state index in [-0.39, 0.29) is 16.5 Å². The maximum absolute atomic E-state index is 3.72. The number of nitrogens with one attached hydrogen (secondary N) is 1. The topological polar surface area (TPSA) is 15.3 Å². The van der Waals surface area contributed by atoms with Crippen LogP contribution in [0.5, 0.6) is 0 Å². The van der Waals surface area contributed by atoms with Gasteiger partial charge in [-0.15, -0.1) is 18.5 Å². The van der Waals surface area contributed by atoms with Crippen molar-refractivity contribution in [1.82, 2.24) is 10.2 Å². The van der Waals surface area contributed by atoms with Gasteiger partial charge in [0.2, 0.25) is 0 Å². The first kappa shape index (κ1) is 23.4. The highest BCUT2D eigenvalue weighted by Crippen LogP contribution is 2.51. The second-order valence-electron chi connectivity index (χ2n) is 9.01. The van der Waals surface area contributed by atoms with Crippen molar-refractivity contribution in [2.24, 2.45) is 0 Å². The summed E-state index contributed by atoms with van der Waals surface area (Å²) in [7, 11) is 6.54. The van der Waals surface area contributed by atoms with E-state index in [1.807, 2.05) is 0 Å². The summed E-state index contributed by atoms with van der Waals surface area (Å²) < 4.78 is 0. The average Bonchev–Trinajstić information content (AvgIpc) is 2.94. The molecule has 5 rings (SSSR count). The Hall–Kier alpha value is -2.34. The first-order chi connectivity index (χ1) is 16.6. The van der Waals surface area contributed by atoms with E-state index in [9.17, 15) is 0 Å². The minimum Gasteiger partial charge on any atom is -0.314 e. The van der Waals surface area contributed by atoms with E-state index in [4.69, 9.17) is 0 Å². The molecule has 0 aromatic heterocycles. The largest absolute Gasteiger partial charge is 0.314 e. The van der Waals surface area contributed by atoms with Gasteiger partial charge in [0.05, 0.1) is 10.4 Å². The summed E-state index contributed by atoms with van der Waals surface area (Å²) in [5.74, 6) is 0. The van der Waals surface area contributed by atoms with Crippen molar-refractivity contribution in [3.63, 3.8) is 0 Å². The van der Waals surface area contributed by atoms with E-state index in [0.29, 0.717) is 0 Å². The van der Waals surface area contributed by atoms with Crippen molar-refractivity contribution in [2.75, 3.05) is 19.6 Å². The zero-order valence-corrected chi connectivity index (χ0v) is 21.7. The summed E-state index contributed by atoms with van der Waals surface area (Å²) in [6.07, 6.45) is 0. The molecule has 2 nitrogen and oxygen atoms in total. The smallest absolute Gasteiger partial charge is 0.0858 e. The molecular weight excluding hydrogens is 450 g/mol. The molecule has 1 heterocycles. The molecule has 1 aliphatic rings. The zero-order chi connectivity index (χ0) is 23.4. The molecule has 1 saturated heterocycles. The lowest BCUT2D eigenvalue weighted by molar-refractivity contribution is 0.0854. The molecule has 3 atom stereocenters. The number of nitrogens with zero attached hydrogens (tertiary/aromatic N) is 1. The SMILES string of the molecule is PC(c1ccccc1)(c1ccccc1)C1CNCCN1C(P)(c1ccccc1)c1ccccc1. The molecule has 34 heavy (non-hydrogen) atoms. The van der Waals surface area contributed by atoms with Gasteiger partial charge < -0.3 is 5.32 Å². The molecule has 4 aromatic carbocycles. The van der Waals surface area contributed by atoms with Gasteiger partial charge in [-0.2, -0.15) is 0 Å². The van der Waals surface area contributed by atoms with Crippen molar-refractivity contribution in [2.45, 2.75) is 16.5 Å². The van der Waals surface area contributed by atoms with Crippen LogP contribution in [0.4, 0.5) is 0 Å². The summed E-state index contributed by atoms with van der Waals surface area (Å²) in [5.41, 5.74) is 5.18. The van der Waals surface area contributed by atoms with Crippen molar-refractivity contribution >= 4 is 18.5 Å². The Bertz CT molecular complexity index is 1010. The Kier molecular flexibility index (Phi) is 6.96. The van der Waals surface area contributed by atoms with Crippen LogP contribution in [0.3, 0.4) is 0 Å². The molecule has 0 aliphatic carbocycles. The summed E-state index contributed by atoms with van der Waals surface area (Å²) in [4.78, 5) is 2.70. The van der Waals surface area contributed by atoms with Gasteiger partial charge in [0.25, 0.3) is 0 Å². The van der Waals surface area contributed by atoms with Crippen LogP contribution in [0.1, 0.15) is 22.3 Å². The third-order valence-corrected chi connectivity index (χ3v) is 9.20. The number of hydrogen-bond acceptors (Lipinski definition) is 2. The number of hydrogen-bond donors (Lipinski definition) is 1. The molecule has 1 aliphatic heterocycles. The first-order valence-electron chi connectivity index (χ1n) is 11.9. The lowest BCUT2D eigenvalue weighted by Gasteiger charge is -2.54. The summed E-state index contributed by atoms with van der Waals surface area (Å²) in [5, 5.41) is 3.07. The molecule has 172 valence electrons. The fourth-order valence-corrected chi connectivity index (χ4v) is 6.77. The van der Waals surface area contributed by atoms with E-state index >= 15 is 0 Å². The van der Waals surface area contributed by atoms with Crippen LogP contribution in [0, 0.1) is 0 Å². The molecule has 0 spiro atoms. The minimum atomic E-state index is -0.360. The normalized spacial score (nSPS) is 17.4. The third kappa shape index (κ3) is 4.15. The second kappa shape index (κ2) is 10.1. The maximum Gasteiger partial charge on any atom is 0.0858 e. The molecule has 4 aromatic rings. The fourth-order valence-electron chi connectivity index (χ4n) is 5.40. The highest BCUT2D eigenvalue weighted by atomic mass is 31.0. The molecule has 1 fully saturated rings. The van der Waals surface area contributed by atoms with Gasteiger partial charge in [-0.05, 0) is 22.3 Å². The molecule has 1 N–H and O–H groups in total. The van der Waals surface area contributed by atoms with E-state index in [1.165, 1.54) is 22.3 Å². The minimum absolute atomic E-state index is 0.189. The van der Waals surface area contributed by atoms with Crippen LogP contribution in [0.25, 0.3) is 0 Å². The predicted molar refractivity (Wildman–Crippen MR) is 150 cm³/mol. The molecular formula is C30H32N2P2. The monoisotopic (exact) mass is 482 g/mol. The van der Waals surface area contributed by atoms with E-state index in [0.717, 1.165) is 19.6 Å². The lowest BCUT2D eigenvalue weighted by atomic mass is 9.80. The Morgan fingerprint density at radius 3 is 1.38 bits per heavy atom. The van der Waals surface area contributed by atoms with Gasteiger partial charge in [0, 0.05) is 25.7 Å². The van der Waals surface area contributed by atoms with E-state index in [1.54, 1.807) is 0 Å². The lowest BCUT2D eigenvalue weighted by Crippen LogP contribution is -2.63. The quantitative estimate of drug-likeness (QED) is 0.347. The average molecular weight is 483 g/mol. The summed E-state index contributed by atoms with van der Waals surface area (Å²) in [6.45, 7) is 2.79. The van der Waals surface area contributed by atoms with Gasteiger partial charge in [0.15, 0.2) is 0 Å². The highest BCUT2D eigenvalue weighted by molar-refractivity contribution is 7.19. The summed E-state index contributed by atoms with van der Waals surface area (Å²) >= 11 is 0. The summed E-state index contributed by atoms with van der Waals surface area (Å²) in [6, 6.07) is 43.9. The number of benzene rings is 4. The molecule has 0 bridgehead atoms. The molecule has 0 saturated carbocycles. The Morgan fingerprint density at radius 2 is 0.971 bits per heavy atom. The van der Waals surface area contributed by atoms with Crippen molar-refractivity contribution < 1.29 is 0 Å². The Balaban J connectivity index is 1.72. The van der Waals surface area contributed by atoms with Crippen LogP contribution < -0.4 is 5.32 Å². The van der Waals surface area contributed by atoms with Crippen molar-refractivity contribution in [3.8, 4) is 0 Å². The number of piperazine rings is 1. The van der Waals surface area contributed by atoms with E-state index in [2.05, 4.69) is 150 Å². The molecule has 3 unspecified atom stereocenters. The Labute approximate surface area is 208 Å². The second-order valence-corrected chi connectivity index (χ2v) is 10.8. The van der Waals surface area contributed by atoms with Crippen LogP contribution in [0.15, 0.2) is 121 Å². The van der Waals surface area contributed by atoms with Crippen molar-refractivity contribution in [3.05, 3.63) is 144 Å². The van der Waals surface area contributed by atoms with Crippen LogP contribution >= 0.6 is 18.5 Å². The van der Waals surface area contributed by atoms with Gasteiger partial charge >= 0.3 is 0 Å². The maximum atomic E-state index is 3.72. The van der Waals surface area contributed by atoms with Gasteiger partial charge in [0.1, 0.15) is 0 Å². The molecule has 0 radical (unpaired) electrons. The standard InChI is InChI=1S/C30H32N2P2/c33-29(24-13-5-1-6-14-24,25-15-7-2-8-16-25)28-23-31-21-22-32(28)30(34,26-17-9-3-10-18-26)27-19-11-4-12-20-27/h1-20,28,31H,21-23,33-34H2. The van der Waals surface area contributed by atoms with Crippen LogP contribution in [-0.4, -0.2) is 30.6 Å².